The Labute approximate surface area is 189 Å². The van der Waals surface area contributed by atoms with Crippen LogP contribution in [-0.2, 0) is 4.74 Å². The molecule has 8 heteroatoms. The minimum atomic E-state index is -0.345. The summed E-state index contributed by atoms with van der Waals surface area (Å²) in [7, 11) is 0. The number of aliphatic imine (C=N–C) groups is 3. The Morgan fingerprint density at radius 2 is 2.09 bits per heavy atom. The lowest BCUT2D eigenvalue weighted by Crippen LogP contribution is -2.41. The SMILES string of the molecule is CC(C)Oc1ccc(N)c(C(N)C2CC(N3CCC4=CC(C3)N=C(C3CC3)O4)=NC=N2)c1. The molecule has 1 fully saturated rings. The first-order valence-corrected chi connectivity index (χ1v) is 11.6. The molecule has 1 aromatic rings. The Kier molecular flexibility index (Phi) is 5.63. The van der Waals surface area contributed by atoms with Crippen molar-refractivity contribution in [1.29, 1.82) is 0 Å². The maximum atomic E-state index is 6.66. The van der Waals surface area contributed by atoms with Crippen LogP contribution < -0.4 is 16.2 Å². The first-order valence-electron chi connectivity index (χ1n) is 11.6. The highest BCUT2D eigenvalue weighted by atomic mass is 16.5. The Hall–Kier alpha value is -2.87. The van der Waals surface area contributed by atoms with E-state index in [0.717, 1.165) is 48.3 Å². The van der Waals surface area contributed by atoms with Gasteiger partial charge in [0.15, 0.2) is 5.90 Å². The fourth-order valence-corrected chi connectivity index (χ4v) is 4.46. The van der Waals surface area contributed by atoms with Gasteiger partial charge in [-0.3, -0.25) is 4.99 Å². The molecule has 170 valence electrons. The molecule has 0 radical (unpaired) electrons. The number of benzene rings is 1. The predicted octanol–water partition coefficient (Wildman–Crippen LogP) is 3.05. The van der Waals surface area contributed by atoms with E-state index >= 15 is 0 Å². The zero-order valence-corrected chi connectivity index (χ0v) is 18.8. The number of rotatable bonds is 5. The van der Waals surface area contributed by atoms with Crippen molar-refractivity contribution in [3.8, 4) is 5.75 Å². The molecule has 3 unspecified atom stereocenters. The molecular formula is C24H32N6O2. The molecule has 4 aliphatic rings. The monoisotopic (exact) mass is 436 g/mol. The summed E-state index contributed by atoms with van der Waals surface area (Å²) < 4.78 is 11.9. The van der Waals surface area contributed by atoms with E-state index in [9.17, 15) is 0 Å². The van der Waals surface area contributed by atoms with Gasteiger partial charge in [0.25, 0.3) is 0 Å². The molecule has 1 aromatic carbocycles. The van der Waals surface area contributed by atoms with Crippen LogP contribution in [0.1, 0.15) is 51.1 Å². The average molecular weight is 437 g/mol. The molecule has 3 heterocycles. The number of nitrogens with zero attached hydrogens (tertiary/aromatic N) is 4. The lowest BCUT2D eigenvalue weighted by molar-refractivity contribution is 0.242. The fraction of sp³-hybridized carbons (Fsp3) is 0.542. The summed E-state index contributed by atoms with van der Waals surface area (Å²) >= 11 is 0. The highest BCUT2D eigenvalue weighted by molar-refractivity contribution is 5.91. The summed E-state index contributed by atoms with van der Waals surface area (Å²) in [6.45, 7) is 5.65. The lowest BCUT2D eigenvalue weighted by Gasteiger charge is -2.31. The van der Waals surface area contributed by atoms with Crippen LogP contribution in [0.5, 0.6) is 5.75 Å². The summed E-state index contributed by atoms with van der Waals surface area (Å²) in [6, 6.07) is 5.30. The summed E-state index contributed by atoms with van der Waals surface area (Å²) in [5.74, 6) is 4.27. The number of hydrogen-bond acceptors (Lipinski definition) is 8. The molecule has 0 aromatic heterocycles. The second-order valence-corrected chi connectivity index (χ2v) is 9.30. The van der Waals surface area contributed by atoms with Crippen molar-refractivity contribution < 1.29 is 9.47 Å². The Balaban J connectivity index is 1.29. The summed E-state index contributed by atoms with van der Waals surface area (Å²) in [5, 5.41) is 0. The van der Waals surface area contributed by atoms with E-state index in [-0.39, 0.29) is 24.2 Å². The van der Waals surface area contributed by atoms with E-state index in [2.05, 4.69) is 21.0 Å². The van der Waals surface area contributed by atoms with Gasteiger partial charge < -0.3 is 25.8 Å². The van der Waals surface area contributed by atoms with Crippen molar-refractivity contribution in [2.24, 2.45) is 26.6 Å². The van der Waals surface area contributed by atoms with Crippen LogP contribution >= 0.6 is 0 Å². The van der Waals surface area contributed by atoms with Gasteiger partial charge in [-0.15, -0.1) is 0 Å². The van der Waals surface area contributed by atoms with E-state index in [0.29, 0.717) is 18.0 Å². The number of nitrogens with two attached hydrogens (primary N) is 2. The topological polar surface area (TPSA) is 111 Å². The van der Waals surface area contributed by atoms with Crippen molar-refractivity contribution in [1.82, 2.24) is 4.90 Å². The normalized spacial score (nSPS) is 26.0. The van der Waals surface area contributed by atoms with Crippen LogP contribution in [0.4, 0.5) is 5.69 Å². The quantitative estimate of drug-likeness (QED) is 0.689. The van der Waals surface area contributed by atoms with Crippen LogP contribution in [-0.4, -0.2) is 54.2 Å². The molecular weight excluding hydrogens is 404 g/mol. The van der Waals surface area contributed by atoms with E-state index < -0.39 is 0 Å². The van der Waals surface area contributed by atoms with E-state index in [1.807, 2.05) is 32.0 Å². The maximum Gasteiger partial charge on any atom is 0.193 e. The van der Waals surface area contributed by atoms with Crippen molar-refractivity contribution in [3.05, 3.63) is 35.6 Å². The fourth-order valence-electron chi connectivity index (χ4n) is 4.46. The molecule has 32 heavy (non-hydrogen) atoms. The van der Waals surface area contributed by atoms with Crippen LogP contribution in [0, 0.1) is 5.92 Å². The van der Waals surface area contributed by atoms with Crippen molar-refractivity contribution in [3.63, 3.8) is 0 Å². The summed E-state index contributed by atoms with van der Waals surface area (Å²) in [4.78, 5) is 16.4. The molecule has 2 bridgehead atoms. The van der Waals surface area contributed by atoms with E-state index in [1.165, 1.54) is 12.8 Å². The lowest BCUT2D eigenvalue weighted by atomic mass is 9.95. The number of hydrogen-bond donors (Lipinski definition) is 2. The first kappa shape index (κ1) is 21.0. The molecule has 0 spiro atoms. The summed E-state index contributed by atoms with van der Waals surface area (Å²) in [5.41, 5.74) is 14.4. The van der Waals surface area contributed by atoms with Crippen LogP contribution in [0.15, 0.2) is 45.0 Å². The molecule has 8 nitrogen and oxygen atoms in total. The smallest absolute Gasteiger partial charge is 0.193 e. The molecule has 5 rings (SSSR count). The minimum absolute atomic E-state index is 0.0818. The van der Waals surface area contributed by atoms with Gasteiger partial charge in [0.1, 0.15) is 23.7 Å². The second kappa shape index (κ2) is 8.58. The van der Waals surface area contributed by atoms with Gasteiger partial charge in [-0.05, 0) is 56.5 Å². The van der Waals surface area contributed by atoms with Crippen LogP contribution in [0.2, 0.25) is 0 Å². The van der Waals surface area contributed by atoms with Gasteiger partial charge in [-0.1, -0.05) is 0 Å². The number of fused-ring (bicyclic) bond motifs is 1. The molecule has 3 atom stereocenters. The third-order valence-electron chi connectivity index (χ3n) is 6.29. The molecule has 0 saturated heterocycles. The highest BCUT2D eigenvalue weighted by Gasteiger charge is 2.35. The van der Waals surface area contributed by atoms with Crippen molar-refractivity contribution in [2.75, 3.05) is 18.8 Å². The predicted molar refractivity (Wildman–Crippen MR) is 127 cm³/mol. The second-order valence-electron chi connectivity index (χ2n) is 9.30. The third-order valence-corrected chi connectivity index (χ3v) is 6.29. The number of amidine groups is 1. The van der Waals surface area contributed by atoms with Crippen LogP contribution in [0.3, 0.4) is 0 Å². The van der Waals surface area contributed by atoms with E-state index in [4.69, 9.17) is 25.9 Å². The van der Waals surface area contributed by atoms with Crippen LogP contribution in [0.25, 0.3) is 0 Å². The minimum Gasteiger partial charge on any atom is -0.491 e. The van der Waals surface area contributed by atoms with Gasteiger partial charge in [0.2, 0.25) is 0 Å². The molecule has 1 aliphatic carbocycles. The summed E-state index contributed by atoms with van der Waals surface area (Å²) in [6.07, 6.45) is 7.78. The molecule has 3 aliphatic heterocycles. The van der Waals surface area contributed by atoms with Gasteiger partial charge in [-0.2, -0.15) is 0 Å². The third kappa shape index (κ3) is 4.50. The first-order chi connectivity index (χ1) is 15.5. The van der Waals surface area contributed by atoms with Crippen molar-refractivity contribution >= 4 is 23.8 Å². The number of anilines is 1. The number of ether oxygens (including phenoxy) is 2. The maximum absolute atomic E-state index is 6.66. The Bertz CT molecular complexity index is 994. The molecule has 0 amide bonds. The standard InChI is InChI=1S/C24H32N6O2/c1-14(2)31-17-5-6-20(25)19(10-17)23(26)21-11-22(28-13-27-21)30-8-7-18-9-16(12-30)29-24(32-18)15-3-4-15/h5-6,9-10,13-16,21,23H,3-4,7-8,11-12,25-26H2,1-2H3. The van der Waals surface area contributed by atoms with Gasteiger partial charge in [0, 0.05) is 37.5 Å². The Morgan fingerprint density at radius 3 is 2.88 bits per heavy atom. The zero-order valence-electron chi connectivity index (χ0n) is 18.8. The zero-order chi connectivity index (χ0) is 22.2. The van der Waals surface area contributed by atoms with Gasteiger partial charge >= 0.3 is 0 Å². The highest BCUT2D eigenvalue weighted by Crippen LogP contribution is 2.35. The van der Waals surface area contributed by atoms with Crippen molar-refractivity contribution in [2.45, 2.75) is 63.8 Å². The average Bonchev–Trinajstić information content (AvgIpc) is 3.63. The number of nitrogen functional groups attached to an aromatic ring is 1. The largest absolute Gasteiger partial charge is 0.491 e. The van der Waals surface area contributed by atoms with Gasteiger partial charge in [0.05, 0.1) is 24.2 Å². The van der Waals surface area contributed by atoms with E-state index in [1.54, 1.807) is 6.34 Å². The Morgan fingerprint density at radius 1 is 1.25 bits per heavy atom. The van der Waals surface area contributed by atoms with Gasteiger partial charge in [-0.25, -0.2) is 9.98 Å². The molecule has 1 saturated carbocycles. The molecule has 4 N–H and O–H groups in total.